The number of carbonyl (C=O) groups excluding carboxylic acids is 1. The minimum absolute atomic E-state index is 0.309. The lowest BCUT2D eigenvalue weighted by molar-refractivity contribution is 0.0522. The van der Waals surface area contributed by atoms with Gasteiger partial charge in [-0.1, -0.05) is 47.1 Å². The van der Waals surface area contributed by atoms with E-state index < -0.39 is 5.97 Å². The largest absolute Gasteiger partial charge is 0.377 e. The molecule has 0 aliphatic heterocycles. The third kappa shape index (κ3) is 3.25. The molecule has 3 rings (SSSR count). The highest BCUT2D eigenvalue weighted by Crippen LogP contribution is 2.35. The van der Waals surface area contributed by atoms with Crippen molar-refractivity contribution in [2.75, 3.05) is 0 Å². The molecule has 0 saturated carbocycles. The van der Waals surface area contributed by atoms with E-state index in [1.807, 2.05) is 24.3 Å². The van der Waals surface area contributed by atoms with Gasteiger partial charge in [0, 0.05) is 10.1 Å². The van der Waals surface area contributed by atoms with Gasteiger partial charge < -0.3 is 4.84 Å². The minimum atomic E-state index is -0.613. The van der Waals surface area contributed by atoms with Gasteiger partial charge in [-0.15, -0.1) is 11.3 Å². The lowest BCUT2D eigenvalue weighted by Gasteiger charge is -2.00. The Morgan fingerprint density at radius 2 is 1.87 bits per heavy atom. The number of nitrogens with zero attached hydrogens (tertiary/aromatic N) is 1. The Labute approximate surface area is 140 Å². The molecule has 0 unspecified atom stereocenters. The van der Waals surface area contributed by atoms with E-state index in [9.17, 15) is 9.18 Å². The van der Waals surface area contributed by atoms with Gasteiger partial charge in [0.2, 0.25) is 0 Å². The molecular weight excluding hydrogens is 337 g/mol. The van der Waals surface area contributed by atoms with Crippen LogP contribution in [0.1, 0.15) is 22.2 Å². The highest BCUT2D eigenvalue weighted by Gasteiger charge is 2.18. The van der Waals surface area contributed by atoms with Gasteiger partial charge in [0.1, 0.15) is 10.7 Å². The smallest absolute Gasteiger partial charge is 0.312 e. The number of oxime groups is 1. The van der Waals surface area contributed by atoms with Gasteiger partial charge in [-0.25, -0.2) is 9.18 Å². The summed E-state index contributed by atoms with van der Waals surface area (Å²) in [6, 6.07) is 13.2. The molecule has 23 heavy (non-hydrogen) atoms. The fraction of sp³-hybridized carbons (Fsp3) is 0.0588. The van der Waals surface area contributed by atoms with Gasteiger partial charge in [-0.2, -0.15) is 0 Å². The first-order valence-corrected chi connectivity index (χ1v) is 7.94. The molecule has 6 heteroatoms. The van der Waals surface area contributed by atoms with Gasteiger partial charge in [-0.05, 0) is 30.7 Å². The molecule has 1 aromatic heterocycles. The molecule has 1 heterocycles. The highest BCUT2D eigenvalue weighted by atomic mass is 35.5. The number of fused-ring (bicyclic) bond motifs is 1. The second kappa shape index (κ2) is 6.48. The number of rotatable bonds is 3. The maximum Gasteiger partial charge on any atom is 0.377 e. The van der Waals surface area contributed by atoms with Crippen LogP contribution in [-0.2, 0) is 4.84 Å². The summed E-state index contributed by atoms with van der Waals surface area (Å²) in [6.07, 6.45) is 0. The van der Waals surface area contributed by atoms with Crippen molar-refractivity contribution in [3.63, 3.8) is 0 Å². The lowest BCUT2D eigenvalue weighted by Crippen LogP contribution is -2.02. The van der Waals surface area contributed by atoms with Crippen molar-refractivity contribution in [1.29, 1.82) is 0 Å². The van der Waals surface area contributed by atoms with Crippen molar-refractivity contribution < 1.29 is 14.0 Å². The van der Waals surface area contributed by atoms with Crippen LogP contribution in [0.3, 0.4) is 0 Å². The lowest BCUT2D eigenvalue weighted by atomic mass is 10.1. The van der Waals surface area contributed by atoms with E-state index >= 15 is 0 Å². The van der Waals surface area contributed by atoms with Crippen molar-refractivity contribution in [3.05, 3.63) is 69.8 Å². The van der Waals surface area contributed by atoms with Crippen LogP contribution >= 0.6 is 22.9 Å². The number of hydrogen-bond donors (Lipinski definition) is 0. The molecule has 0 spiro atoms. The molecule has 0 bridgehead atoms. The molecular formula is C17H11ClFNO2S. The summed E-state index contributed by atoms with van der Waals surface area (Å²) in [5, 5.41) is 4.98. The maximum absolute atomic E-state index is 12.9. The molecule has 0 radical (unpaired) electrons. The van der Waals surface area contributed by atoms with E-state index in [1.54, 1.807) is 19.1 Å². The predicted octanol–water partition coefficient (Wildman–Crippen LogP) is 5.27. The van der Waals surface area contributed by atoms with Gasteiger partial charge in [0.05, 0.1) is 10.7 Å². The summed E-state index contributed by atoms with van der Waals surface area (Å²) in [5.74, 6) is -0.951. The monoisotopic (exact) mass is 347 g/mol. The minimum Gasteiger partial charge on any atom is -0.312 e. The Bertz CT molecular complexity index is 903. The molecule has 0 saturated heterocycles. The number of carbonyl (C=O) groups is 1. The van der Waals surface area contributed by atoms with Gasteiger partial charge in [-0.3, -0.25) is 0 Å². The van der Waals surface area contributed by atoms with Crippen LogP contribution < -0.4 is 0 Å². The zero-order valence-corrected chi connectivity index (χ0v) is 13.6. The van der Waals surface area contributed by atoms with Crippen LogP contribution in [0, 0.1) is 5.82 Å². The predicted molar refractivity (Wildman–Crippen MR) is 90.9 cm³/mol. The molecule has 3 aromatic rings. The van der Waals surface area contributed by atoms with Crippen LogP contribution in [0.4, 0.5) is 4.39 Å². The van der Waals surface area contributed by atoms with Crippen LogP contribution in [0.25, 0.3) is 10.1 Å². The van der Waals surface area contributed by atoms with Gasteiger partial charge in [0.25, 0.3) is 0 Å². The second-order valence-electron chi connectivity index (χ2n) is 4.80. The molecule has 0 aliphatic carbocycles. The van der Waals surface area contributed by atoms with Gasteiger partial charge >= 0.3 is 5.97 Å². The van der Waals surface area contributed by atoms with E-state index in [-0.39, 0.29) is 5.82 Å². The third-order valence-corrected chi connectivity index (χ3v) is 4.90. The molecule has 0 atom stereocenters. The summed E-state index contributed by atoms with van der Waals surface area (Å²) in [7, 11) is 0. The number of hydrogen-bond acceptors (Lipinski definition) is 4. The number of thiophene rings is 1. The Balaban J connectivity index is 1.81. The van der Waals surface area contributed by atoms with Crippen molar-refractivity contribution >= 4 is 44.7 Å². The molecule has 0 amide bonds. The van der Waals surface area contributed by atoms with Crippen LogP contribution in [0.2, 0.25) is 5.02 Å². The summed E-state index contributed by atoms with van der Waals surface area (Å²) < 4.78 is 13.8. The quantitative estimate of drug-likeness (QED) is 0.367. The van der Waals surface area contributed by atoms with Crippen LogP contribution in [0.15, 0.2) is 53.7 Å². The number of halogens is 2. The standard InChI is InChI=1S/C17H11ClFNO2S/c1-10(11-6-8-12(19)9-7-11)20-22-17(21)16-15(18)13-4-2-3-5-14(13)23-16/h2-9H,1H3/b20-10+. The van der Waals surface area contributed by atoms with E-state index in [2.05, 4.69) is 5.16 Å². The average Bonchev–Trinajstić information content (AvgIpc) is 2.90. The summed E-state index contributed by atoms with van der Waals surface area (Å²) in [5.41, 5.74) is 1.14. The Kier molecular flexibility index (Phi) is 4.41. The molecule has 2 aromatic carbocycles. The molecule has 3 nitrogen and oxygen atoms in total. The fourth-order valence-corrected chi connectivity index (χ4v) is 3.42. The normalized spacial score (nSPS) is 11.7. The van der Waals surface area contributed by atoms with E-state index in [0.717, 1.165) is 10.1 Å². The van der Waals surface area contributed by atoms with Crippen molar-refractivity contribution in [3.8, 4) is 0 Å². The van der Waals surface area contributed by atoms with Crippen molar-refractivity contribution in [2.24, 2.45) is 5.16 Å². The Hall–Kier alpha value is -2.24. The first-order chi connectivity index (χ1) is 11.1. The summed E-state index contributed by atoms with van der Waals surface area (Å²) in [4.78, 5) is 17.4. The third-order valence-electron chi connectivity index (χ3n) is 3.25. The van der Waals surface area contributed by atoms with E-state index in [1.165, 1.54) is 23.5 Å². The second-order valence-corrected chi connectivity index (χ2v) is 6.23. The molecule has 116 valence electrons. The first-order valence-electron chi connectivity index (χ1n) is 6.75. The summed E-state index contributed by atoms with van der Waals surface area (Å²) >= 11 is 7.48. The van der Waals surface area contributed by atoms with E-state index in [0.29, 0.717) is 21.2 Å². The SMILES string of the molecule is C/C(=N\OC(=O)c1sc2ccccc2c1Cl)c1ccc(F)cc1. The highest BCUT2D eigenvalue weighted by molar-refractivity contribution is 7.21. The van der Waals surface area contributed by atoms with E-state index in [4.69, 9.17) is 16.4 Å². The Morgan fingerprint density at radius 3 is 2.57 bits per heavy atom. The average molecular weight is 348 g/mol. The number of benzene rings is 2. The fourth-order valence-electron chi connectivity index (χ4n) is 2.04. The Morgan fingerprint density at radius 1 is 1.17 bits per heavy atom. The zero-order valence-electron chi connectivity index (χ0n) is 12.0. The van der Waals surface area contributed by atoms with Crippen LogP contribution in [-0.4, -0.2) is 11.7 Å². The molecule has 0 aliphatic rings. The molecule has 0 fully saturated rings. The van der Waals surface area contributed by atoms with Gasteiger partial charge in [0.15, 0.2) is 0 Å². The van der Waals surface area contributed by atoms with Crippen molar-refractivity contribution in [2.45, 2.75) is 6.92 Å². The maximum atomic E-state index is 12.9. The molecule has 0 N–H and O–H groups in total. The topological polar surface area (TPSA) is 38.7 Å². The summed E-state index contributed by atoms with van der Waals surface area (Å²) in [6.45, 7) is 1.67. The first kappa shape index (κ1) is 15.6. The zero-order chi connectivity index (χ0) is 16.4. The van der Waals surface area contributed by atoms with Crippen molar-refractivity contribution in [1.82, 2.24) is 0 Å². The van der Waals surface area contributed by atoms with Crippen LogP contribution in [0.5, 0.6) is 0 Å².